The smallest absolute Gasteiger partial charge is 0.368 e. The molecule has 2 aromatic carbocycles. The van der Waals surface area contributed by atoms with Gasteiger partial charge in [0.15, 0.2) is 0 Å². The number of aryl methyl sites for hydroxylation is 2. The van der Waals surface area contributed by atoms with Crippen molar-refractivity contribution in [1.82, 2.24) is 19.8 Å². The van der Waals surface area contributed by atoms with Crippen LogP contribution in [-0.2, 0) is 18.4 Å². The second-order valence-electron chi connectivity index (χ2n) is 7.51. The molecule has 0 fully saturated rings. The molecule has 172 valence electrons. The minimum Gasteiger partial charge on any atom is -0.497 e. The number of methoxy groups -OCH3 is 1. The van der Waals surface area contributed by atoms with Gasteiger partial charge in [0.25, 0.3) is 0 Å². The van der Waals surface area contributed by atoms with Gasteiger partial charge in [0, 0.05) is 37.1 Å². The van der Waals surface area contributed by atoms with Gasteiger partial charge >= 0.3 is 5.69 Å². The predicted octanol–water partition coefficient (Wildman–Crippen LogP) is 2.79. The molecule has 0 atom stereocenters. The SMILES string of the molecule is CCC(=N/N=C1/CCOc2cc(OC)ccc21)OCc1c(C)cccc1-n1nnn(C)c1=O. The molecule has 33 heavy (non-hydrogen) atoms. The van der Waals surface area contributed by atoms with Crippen molar-refractivity contribution in [3.05, 3.63) is 63.6 Å². The van der Waals surface area contributed by atoms with E-state index < -0.39 is 0 Å². The molecule has 10 heteroatoms. The standard InChI is InChI=1S/C23H26N6O4/c1-5-22(25-24-19-11-12-32-21-13-16(31-4)9-10-17(19)21)33-14-18-15(2)7-6-8-20(18)29-23(30)28(3)26-27-29/h6-10,13H,5,11-12,14H2,1-4H3/b24-19-,25-22?. The van der Waals surface area contributed by atoms with Crippen molar-refractivity contribution in [1.29, 1.82) is 0 Å². The zero-order chi connectivity index (χ0) is 23.4. The lowest BCUT2D eigenvalue weighted by molar-refractivity contribution is 0.282. The van der Waals surface area contributed by atoms with Crippen molar-refractivity contribution in [3.63, 3.8) is 0 Å². The molecule has 1 aliphatic heterocycles. The molecular weight excluding hydrogens is 424 g/mol. The number of tetrazole rings is 1. The molecule has 3 aromatic rings. The minimum absolute atomic E-state index is 0.222. The van der Waals surface area contributed by atoms with Crippen molar-refractivity contribution in [3.8, 4) is 17.2 Å². The fourth-order valence-electron chi connectivity index (χ4n) is 3.49. The largest absolute Gasteiger partial charge is 0.497 e. The third-order valence-corrected chi connectivity index (χ3v) is 5.40. The molecule has 4 rings (SSSR count). The van der Waals surface area contributed by atoms with Crippen LogP contribution in [0.4, 0.5) is 0 Å². The molecule has 0 bridgehead atoms. The Morgan fingerprint density at radius 2 is 2.09 bits per heavy atom. The van der Waals surface area contributed by atoms with Gasteiger partial charge in [-0.25, -0.2) is 4.79 Å². The number of hydrogen-bond acceptors (Lipinski definition) is 8. The van der Waals surface area contributed by atoms with E-state index in [4.69, 9.17) is 14.2 Å². The second-order valence-corrected chi connectivity index (χ2v) is 7.51. The fourth-order valence-corrected chi connectivity index (χ4v) is 3.49. The average Bonchev–Trinajstić information content (AvgIpc) is 3.17. The number of rotatable bonds is 6. The Hall–Kier alpha value is -3.95. The lowest BCUT2D eigenvalue weighted by Gasteiger charge is -2.19. The van der Waals surface area contributed by atoms with Crippen LogP contribution in [0.3, 0.4) is 0 Å². The molecule has 0 saturated heterocycles. The number of ether oxygens (including phenoxy) is 3. The van der Waals surface area contributed by atoms with E-state index in [1.165, 1.54) is 9.36 Å². The highest BCUT2D eigenvalue weighted by Gasteiger charge is 2.18. The normalized spacial score (nSPS) is 14.7. The number of hydrogen-bond donors (Lipinski definition) is 0. The molecule has 10 nitrogen and oxygen atoms in total. The number of fused-ring (bicyclic) bond motifs is 1. The van der Waals surface area contributed by atoms with Crippen LogP contribution < -0.4 is 15.2 Å². The maximum absolute atomic E-state index is 12.3. The van der Waals surface area contributed by atoms with Crippen LogP contribution in [0.5, 0.6) is 11.5 Å². The van der Waals surface area contributed by atoms with Gasteiger partial charge in [-0.2, -0.15) is 14.5 Å². The summed E-state index contributed by atoms with van der Waals surface area (Å²) in [6.45, 7) is 4.66. The Labute approximate surface area is 191 Å². The summed E-state index contributed by atoms with van der Waals surface area (Å²) in [5.74, 6) is 1.95. The van der Waals surface area contributed by atoms with E-state index in [0.29, 0.717) is 31.0 Å². The second kappa shape index (κ2) is 9.68. The lowest BCUT2D eigenvalue weighted by Crippen LogP contribution is -2.23. The molecule has 1 aliphatic rings. The Kier molecular flexibility index (Phi) is 6.53. The number of nitrogens with zero attached hydrogens (tertiary/aromatic N) is 6. The predicted molar refractivity (Wildman–Crippen MR) is 123 cm³/mol. The highest BCUT2D eigenvalue weighted by Crippen LogP contribution is 2.29. The molecule has 2 heterocycles. The van der Waals surface area contributed by atoms with Gasteiger partial charge in [0.2, 0.25) is 5.90 Å². The Balaban J connectivity index is 1.57. The van der Waals surface area contributed by atoms with Crippen LogP contribution in [0.1, 0.15) is 36.5 Å². The van der Waals surface area contributed by atoms with Crippen molar-refractivity contribution in [2.45, 2.75) is 33.3 Å². The third-order valence-electron chi connectivity index (χ3n) is 5.40. The minimum atomic E-state index is -0.326. The van der Waals surface area contributed by atoms with Gasteiger partial charge in [0.1, 0.15) is 18.1 Å². The molecule has 1 aromatic heterocycles. The molecule has 0 unspecified atom stereocenters. The molecule has 0 saturated carbocycles. The molecule has 0 N–H and O–H groups in total. The van der Waals surface area contributed by atoms with Crippen LogP contribution in [0.25, 0.3) is 5.69 Å². The van der Waals surface area contributed by atoms with Gasteiger partial charge in [-0.3, -0.25) is 0 Å². The highest BCUT2D eigenvalue weighted by molar-refractivity contribution is 6.04. The Bertz CT molecular complexity index is 1270. The first-order valence-electron chi connectivity index (χ1n) is 10.7. The van der Waals surface area contributed by atoms with Gasteiger partial charge in [-0.05, 0) is 41.1 Å². The topological polar surface area (TPSA) is 105 Å². The van der Waals surface area contributed by atoms with Gasteiger partial charge < -0.3 is 14.2 Å². The molecular formula is C23H26N6O4. The molecule has 0 amide bonds. The Morgan fingerprint density at radius 3 is 2.82 bits per heavy atom. The van der Waals surface area contributed by atoms with Gasteiger partial charge in [-0.15, -0.1) is 5.10 Å². The molecule has 0 spiro atoms. The molecule has 0 radical (unpaired) electrons. The van der Waals surface area contributed by atoms with Crippen molar-refractivity contribution < 1.29 is 14.2 Å². The number of benzene rings is 2. The van der Waals surface area contributed by atoms with E-state index in [9.17, 15) is 4.79 Å². The van der Waals surface area contributed by atoms with E-state index >= 15 is 0 Å². The van der Waals surface area contributed by atoms with E-state index in [2.05, 4.69) is 20.6 Å². The van der Waals surface area contributed by atoms with Crippen LogP contribution >= 0.6 is 0 Å². The lowest BCUT2D eigenvalue weighted by atomic mass is 10.0. The summed E-state index contributed by atoms with van der Waals surface area (Å²) < 4.78 is 19.5. The summed E-state index contributed by atoms with van der Waals surface area (Å²) in [4.78, 5) is 12.3. The van der Waals surface area contributed by atoms with E-state index in [1.807, 2.05) is 50.2 Å². The van der Waals surface area contributed by atoms with Crippen LogP contribution in [-0.4, -0.2) is 45.1 Å². The first-order valence-corrected chi connectivity index (χ1v) is 10.7. The maximum atomic E-state index is 12.3. The zero-order valence-corrected chi connectivity index (χ0v) is 19.1. The quantitative estimate of drug-likeness (QED) is 0.325. The Morgan fingerprint density at radius 1 is 1.24 bits per heavy atom. The van der Waals surface area contributed by atoms with Crippen molar-refractivity contribution >= 4 is 11.6 Å². The fraction of sp³-hybridized carbons (Fsp3) is 0.348. The summed E-state index contributed by atoms with van der Waals surface area (Å²) in [5.41, 5.74) is 3.83. The zero-order valence-electron chi connectivity index (χ0n) is 19.1. The summed E-state index contributed by atoms with van der Waals surface area (Å²) in [7, 11) is 3.18. The summed E-state index contributed by atoms with van der Waals surface area (Å²) >= 11 is 0. The summed E-state index contributed by atoms with van der Waals surface area (Å²) in [5, 5.41) is 16.6. The highest BCUT2D eigenvalue weighted by atomic mass is 16.5. The molecule has 0 aliphatic carbocycles. The number of aromatic nitrogens is 4. The van der Waals surface area contributed by atoms with E-state index in [-0.39, 0.29) is 12.3 Å². The average molecular weight is 450 g/mol. The summed E-state index contributed by atoms with van der Waals surface area (Å²) in [6.07, 6.45) is 1.21. The first-order chi connectivity index (χ1) is 16.0. The van der Waals surface area contributed by atoms with Crippen LogP contribution in [0.15, 0.2) is 51.4 Å². The summed E-state index contributed by atoms with van der Waals surface area (Å²) in [6, 6.07) is 11.3. The van der Waals surface area contributed by atoms with E-state index in [1.54, 1.807) is 14.2 Å². The maximum Gasteiger partial charge on any atom is 0.368 e. The van der Waals surface area contributed by atoms with Crippen LogP contribution in [0, 0.1) is 6.92 Å². The van der Waals surface area contributed by atoms with Gasteiger partial charge in [-0.1, -0.05) is 19.1 Å². The van der Waals surface area contributed by atoms with Gasteiger partial charge in [0.05, 0.1) is 25.1 Å². The third kappa shape index (κ3) is 4.64. The first kappa shape index (κ1) is 22.3. The van der Waals surface area contributed by atoms with Crippen LogP contribution in [0.2, 0.25) is 0 Å². The van der Waals surface area contributed by atoms with E-state index in [0.717, 1.165) is 33.9 Å². The van der Waals surface area contributed by atoms with Crippen molar-refractivity contribution in [2.24, 2.45) is 17.3 Å². The monoisotopic (exact) mass is 450 g/mol. The van der Waals surface area contributed by atoms with Crippen molar-refractivity contribution in [2.75, 3.05) is 13.7 Å².